The third-order valence-corrected chi connectivity index (χ3v) is 4.90. The first-order valence-corrected chi connectivity index (χ1v) is 9.87. The number of imide groups is 1. The van der Waals surface area contributed by atoms with Crippen LogP contribution in [0, 0.1) is 0 Å². The van der Waals surface area contributed by atoms with Gasteiger partial charge in [-0.3, -0.25) is 9.69 Å². The molecular formula is C21H20Cl2N2O4. The number of benzene rings is 2. The molecule has 6 nitrogen and oxygen atoms in total. The van der Waals surface area contributed by atoms with Crippen LogP contribution in [0.4, 0.5) is 4.79 Å². The van der Waals surface area contributed by atoms with Crippen molar-refractivity contribution in [1.82, 2.24) is 10.2 Å². The average molecular weight is 435 g/mol. The fourth-order valence-electron chi connectivity index (χ4n) is 2.87. The first-order chi connectivity index (χ1) is 13.9. The van der Waals surface area contributed by atoms with Crippen molar-refractivity contribution in [3.05, 3.63) is 63.3 Å². The SMILES string of the molecule is CCOc1cc(/C=C2/NC(=O)N(CC)C2=O)cc(Cl)c1OCc1ccccc1Cl. The van der Waals surface area contributed by atoms with E-state index in [2.05, 4.69) is 5.32 Å². The zero-order valence-corrected chi connectivity index (χ0v) is 17.5. The molecule has 1 fully saturated rings. The van der Waals surface area contributed by atoms with E-state index in [0.717, 1.165) is 10.5 Å². The first-order valence-electron chi connectivity index (χ1n) is 9.11. The van der Waals surface area contributed by atoms with Crippen molar-refractivity contribution in [2.75, 3.05) is 13.2 Å². The Morgan fingerprint density at radius 2 is 1.83 bits per heavy atom. The summed E-state index contributed by atoms with van der Waals surface area (Å²) < 4.78 is 11.6. The predicted octanol–water partition coefficient (Wildman–Crippen LogP) is 4.88. The largest absolute Gasteiger partial charge is 0.490 e. The highest BCUT2D eigenvalue weighted by molar-refractivity contribution is 6.32. The summed E-state index contributed by atoms with van der Waals surface area (Å²) in [7, 11) is 0. The Hall–Kier alpha value is -2.70. The van der Waals surface area contributed by atoms with Gasteiger partial charge in [-0.1, -0.05) is 41.4 Å². The van der Waals surface area contributed by atoms with Crippen molar-refractivity contribution in [3.63, 3.8) is 0 Å². The van der Waals surface area contributed by atoms with Crippen molar-refractivity contribution >= 4 is 41.2 Å². The quantitative estimate of drug-likeness (QED) is 0.497. The lowest BCUT2D eigenvalue weighted by Crippen LogP contribution is -2.30. The fraction of sp³-hybridized carbons (Fsp3) is 0.238. The summed E-state index contributed by atoms with van der Waals surface area (Å²) >= 11 is 12.6. The van der Waals surface area contributed by atoms with Crippen molar-refractivity contribution < 1.29 is 19.1 Å². The number of amides is 3. The molecule has 1 saturated heterocycles. The van der Waals surface area contributed by atoms with E-state index in [1.807, 2.05) is 25.1 Å². The van der Waals surface area contributed by atoms with E-state index in [0.29, 0.717) is 40.3 Å². The molecule has 8 heteroatoms. The number of halogens is 2. The van der Waals surface area contributed by atoms with Gasteiger partial charge in [0.05, 0.1) is 11.6 Å². The summed E-state index contributed by atoms with van der Waals surface area (Å²) in [5.41, 5.74) is 1.60. The van der Waals surface area contributed by atoms with Crippen LogP contribution in [0.3, 0.4) is 0 Å². The van der Waals surface area contributed by atoms with Crippen LogP contribution in [-0.4, -0.2) is 30.0 Å². The Labute approximate surface area is 179 Å². The number of urea groups is 1. The summed E-state index contributed by atoms with van der Waals surface area (Å²) in [4.78, 5) is 25.2. The molecule has 1 heterocycles. The maximum Gasteiger partial charge on any atom is 0.328 e. The Kier molecular flexibility index (Phi) is 6.67. The van der Waals surface area contributed by atoms with Gasteiger partial charge in [0.15, 0.2) is 11.5 Å². The summed E-state index contributed by atoms with van der Waals surface area (Å²) in [6.45, 7) is 4.49. The van der Waals surface area contributed by atoms with Crippen LogP contribution >= 0.6 is 23.2 Å². The van der Waals surface area contributed by atoms with Gasteiger partial charge in [0, 0.05) is 17.1 Å². The minimum Gasteiger partial charge on any atom is -0.490 e. The number of hydrogen-bond acceptors (Lipinski definition) is 4. The number of rotatable bonds is 7. The van der Waals surface area contributed by atoms with Gasteiger partial charge in [0.2, 0.25) is 0 Å². The standard InChI is InChI=1S/C21H20Cl2N2O4/c1-3-25-20(26)17(24-21(25)27)10-13-9-16(23)19(18(11-13)28-4-2)29-12-14-7-5-6-8-15(14)22/h5-11H,3-4,12H2,1-2H3,(H,24,27)/b17-10+. The van der Waals surface area contributed by atoms with Gasteiger partial charge in [0.25, 0.3) is 5.91 Å². The smallest absolute Gasteiger partial charge is 0.328 e. The minimum absolute atomic E-state index is 0.181. The molecule has 3 amide bonds. The van der Waals surface area contributed by atoms with Crippen molar-refractivity contribution in [3.8, 4) is 11.5 Å². The van der Waals surface area contributed by atoms with Crippen LogP contribution in [-0.2, 0) is 11.4 Å². The molecule has 0 unspecified atom stereocenters. The molecule has 2 aromatic rings. The Bertz CT molecular complexity index is 975. The molecule has 0 saturated carbocycles. The lowest BCUT2D eigenvalue weighted by atomic mass is 10.1. The molecule has 0 aromatic heterocycles. The summed E-state index contributed by atoms with van der Waals surface area (Å²) in [6.07, 6.45) is 1.56. The van der Waals surface area contributed by atoms with Gasteiger partial charge >= 0.3 is 6.03 Å². The normalized spacial score (nSPS) is 15.0. The molecule has 29 heavy (non-hydrogen) atoms. The number of carbonyl (C=O) groups is 2. The second kappa shape index (κ2) is 9.20. The van der Waals surface area contributed by atoms with Gasteiger partial charge < -0.3 is 14.8 Å². The van der Waals surface area contributed by atoms with Gasteiger partial charge in [-0.15, -0.1) is 0 Å². The van der Waals surface area contributed by atoms with E-state index in [1.54, 1.807) is 31.2 Å². The molecule has 3 rings (SSSR count). The highest BCUT2D eigenvalue weighted by atomic mass is 35.5. The molecular weight excluding hydrogens is 415 g/mol. The van der Waals surface area contributed by atoms with Crippen molar-refractivity contribution in [1.29, 1.82) is 0 Å². The van der Waals surface area contributed by atoms with Crippen LogP contribution in [0.5, 0.6) is 11.5 Å². The van der Waals surface area contributed by atoms with Crippen LogP contribution in [0.1, 0.15) is 25.0 Å². The van der Waals surface area contributed by atoms with E-state index in [9.17, 15) is 9.59 Å². The third kappa shape index (κ3) is 4.66. The van der Waals surface area contributed by atoms with Crippen molar-refractivity contribution in [2.24, 2.45) is 0 Å². The molecule has 0 aliphatic carbocycles. The number of ether oxygens (including phenoxy) is 2. The summed E-state index contributed by atoms with van der Waals surface area (Å²) in [6, 6.07) is 10.3. The number of hydrogen-bond donors (Lipinski definition) is 1. The summed E-state index contributed by atoms with van der Waals surface area (Å²) in [5.74, 6) is 0.432. The first kappa shape index (κ1) is 21.0. The molecule has 0 atom stereocenters. The monoisotopic (exact) mass is 434 g/mol. The van der Waals surface area contributed by atoms with E-state index >= 15 is 0 Å². The van der Waals surface area contributed by atoms with Crippen LogP contribution in [0.25, 0.3) is 6.08 Å². The Morgan fingerprint density at radius 3 is 2.48 bits per heavy atom. The fourth-order valence-corrected chi connectivity index (χ4v) is 3.33. The van der Waals surface area contributed by atoms with Gasteiger partial charge in [-0.2, -0.15) is 0 Å². The number of carbonyl (C=O) groups excluding carboxylic acids is 2. The predicted molar refractivity (Wildman–Crippen MR) is 112 cm³/mol. The van der Waals surface area contributed by atoms with E-state index in [-0.39, 0.29) is 18.2 Å². The molecule has 152 valence electrons. The molecule has 1 N–H and O–H groups in total. The zero-order valence-electron chi connectivity index (χ0n) is 16.0. The zero-order chi connectivity index (χ0) is 21.0. The highest BCUT2D eigenvalue weighted by Gasteiger charge is 2.32. The molecule has 0 spiro atoms. The van der Waals surface area contributed by atoms with Crippen LogP contribution in [0.15, 0.2) is 42.1 Å². The number of nitrogens with one attached hydrogen (secondary N) is 1. The van der Waals surface area contributed by atoms with Gasteiger partial charge in [-0.05, 0) is 43.7 Å². The topological polar surface area (TPSA) is 67.9 Å². The third-order valence-electron chi connectivity index (χ3n) is 4.25. The van der Waals surface area contributed by atoms with E-state index in [4.69, 9.17) is 32.7 Å². The number of nitrogens with zero attached hydrogens (tertiary/aromatic N) is 1. The second-order valence-corrected chi connectivity index (χ2v) is 7.00. The Balaban J connectivity index is 1.89. The number of likely N-dealkylation sites (N-methyl/N-ethyl adjacent to an activating group) is 1. The molecule has 0 radical (unpaired) electrons. The molecule has 1 aliphatic heterocycles. The summed E-state index contributed by atoms with van der Waals surface area (Å²) in [5, 5.41) is 3.48. The van der Waals surface area contributed by atoms with Crippen LogP contribution < -0.4 is 14.8 Å². The highest BCUT2D eigenvalue weighted by Crippen LogP contribution is 2.38. The minimum atomic E-state index is -0.445. The lowest BCUT2D eigenvalue weighted by molar-refractivity contribution is -0.122. The van der Waals surface area contributed by atoms with E-state index in [1.165, 1.54) is 0 Å². The average Bonchev–Trinajstić information content (AvgIpc) is 2.95. The molecule has 0 bridgehead atoms. The molecule has 2 aromatic carbocycles. The second-order valence-electron chi connectivity index (χ2n) is 6.18. The van der Waals surface area contributed by atoms with Gasteiger partial charge in [-0.25, -0.2) is 4.79 Å². The maximum atomic E-state index is 12.3. The van der Waals surface area contributed by atoms with Crippen LogP contribution in [0.2, 0.25) is 10.0 Å². The van der Waals surface area contributed by atoms with Crippen molar-refractivity contribution in [2.45, 2.75) is 20.5 Å². The van der Waals surface area contributed by atoms with E-state index < -0.39 is 6.03 Å². The Morgan fingerprint density at radius 1 is 1.07 bits per heavy atom. The van der Waals surface area contributed by atoms with Gasteiger partial charge in [0.1, 0.15) is 12.3 Å². The molecule has 1 aliphatic rings. The maximum absolute atomic E-state index is 12.3. The lowest BCUT2D eigenvalue weighted by Gasteiger charge is -2.15.